The number of ether oxygens (including phenoxy) is 1. The summed E-state index contributed by atoms with van der Waals surface area (Å²) in [5, 5.41) is 1.81. The largest absolute Gasteiger partial charge is 0.371 e. The molecule has 78 valence electrons. The molecule has 0 aliphatic carbocycles. The Morgan fingerprint density at radius 3 is 2.64 bits per heavy atom. The SMILES string of the molecule is Cl.NN1CCOC(c2ccccc2)C1. The van der Waals surface area contributed by atoms with Crippen LogP contribution in [0.25, 0.3) is 0 Å². The van der Waals surface area contributed by atoms with Crippen LogP contribution < -0.4 is 5.84 Å². The third kappa shape index (κ3) is 2.69. The first kappa shape index (κ1) is 11.5. The van der Waals surface area contributed by atoms with Crippen molar-refractivity contribution < 1.29 is 4.74 Å². The van der Waals surface area contributed by atoms with Crippen LogP contribution in [-0.4, -0.2) is 24.7 Å². The highest BCUT2D eigenvalue weighted by atomic mass is 35.5. The van der Waals surface area contributed by atoms with E-state index in [9.17, 15) is 0 Å². The van der Waals surface area contributed by atoms with Crippen molar-refractivity contribution in [2.24, 2.45) is 5.84 Å². The number of nitrogens with zero attached hydrogens (tertiary/aromatic N) is 1. The standard InChI is InChI=1S/C10H14N2O.ClH/c11-12-6-7-13-10(8-12)9-4-2-1-3-5-9;/h1-5,10H,6-8,11H2;1H. The monoisotopic (exact) mass is 214 g/mol. The maximum Gasteiger partial charge on any atom is 0.0966 e. The first-order valence-electron chi connectivity index (χ1n) is 4.52. The Balaban J connectivity index is 0.000000980. The van der Waals surface area contributed by atoms with E-state index in [1.165, 1.54) is 5.56 Å². The highest BCUT2D eigenvalue weighted by Gasteiger charge is 2.19. The molecule has 1 heterocycles. The Labute approximate surface area is 90.2 Å². The molecule has 4 heteroatoms. The van der Waals surface area contributed by atoms with Gasteiger partial charge in [-0.2, -0.15) is 0 Å². The molecule has 2 rings (SSSR count). The van der Waals surface area contributed by atoms with E-state index in [0.717, 1.165) is 19.7 Å². The normalized spacial score (nSPS) is 22.8. The lowest BCUT2D eigenvalue weighted by molar-refractivity contribution is -0.0304. The number of hydrazine groups is 1. The van der Waals surface area contributed by atoms with Crippen molar-refractivity contribution in [2.45, 2.75) is 6.10 Å². The van der Waals surface area contributed by atoms with Gasteiger partial charge in [-0.3, -0.25) is 5.84 Å². The topological polar surface area (TPSA) is 38.5 Å². The summed E-state index contributed by atoms with van der Waals surface area (Å²) in [6, 6.07) is 10.2. The molecule has 14 heavy (non-hydrogen) atoms. The van der Waals surface area contributed by atoms with Crippen LogP contribution in [0.2, 0.25) is 0 Å². The molecule has 1 aromatic rings. The van der Waals surface area contributed by atoms with Gasteiger partial charge in [-0.1, -0.05) is 30.3 Å². The van der Waals surface area contributed by atoms with E-state index < -0.39 is 0 Å². The number of hydrogen-bond donors (Lipinski definition) is 1. The van der Waals surface area contributed by atoms with E-state index in [1.54, 1.807) is 5.01 Å². The third-order valence-corrected chi connectivity index (χ3v) is 2.27. The number of halogens is 1. The summed E-state index contributed by atoms with van der Waals surface area (Å²) in [4.78, 5) is 0. The molecule has 1 aromatic carbocycles. The Hall–Kier alpha value is -0.610. The smallest absolute Gasteiger partial charge is 0.0966 e. The summed E-state index contributed by atoms with van der Waals surface area (Å²) >= 11 is 0. The van der Waals surface area contributed by atoms with Crippen LogP contribution in [0, 0.1) is 0 Å². The van der Waals surface area contributed by atoms with Crippen molar-refractivity contribution in [3.05, 3.63) is 35.9 Å². The van der Waals surface area contributed by atoms with Crippen LogP contribution >= 0.6 is 12.4 Å². The zero-order chi connectivity index (χ0) is 9.10. The Morgan fingerprint density at radius 2 is 2.00 bits per heavy atom. The van der Waals surface area contributed by atoms with Crippen LogP contribution in [0.5, 0.6) is 0 Å². The Kier molecular flexibility index (Phi) is 4.35. The summed E-state index contributed by atoms with van der Waals surface area (Å²) in [5.41, 5.74) is 1.21. The molecular formula is C10H15ClN2O. The fourth-order valence-electron chi connectivity index (χ4n) is 1.54. The van der Waals surface area contributed by atoms with Crippen molar-refractivity contribution >= 4 is 12.4 Å². The Bertz CT molecular complexity index is 268. The predicted octanol–water partition coefficient (Wildman–Crippen LogP) is 1.36. The van der Waals surface area contributed by atoms with Crippen molar-refractivity contribution in [3.8, 4) is 0 Å². The first-order chi connectivity index (χ1) is 6.36. The van der Waals surface area contributed by atoms with E-state index >= 15 is 0 Å². The maximum absolute atomic E-state index is 5.72. The second kappa shape index (κ2) is 5.32. The lowest BCUT2D eigenvalue weighted by atomic mass is 10.1. The van der Waals surface area contributed by atoms with E-state index in [4.69, 9.17) is 10.6 Å². The minimum atomic E-state index is 0. The highest BCUT2D eigenvalue weighted by Crippen LogP contribution is 2.19. The van der Waals surface area contributed by atoms with Gasteiger partial charge in [-0.15, -0.1) is 12.4 Å². The maximum atomic E-state index is 5.72. The second-order valence-corrected chi connectivity index (χ2v) is 3.27. The molecule has 3 nitrogen and oxygen atoms in total. The van der Waals surface area contributed by atoms with E-state index in [-0.39, 0.29) is 18.5 Å². The fraction of sp³-hybridized carbons (Fsp3) is 0.400. The summed E-state index contributed by atoms with van der Waals surface area (Å²) in [5.74, 6) is 5.72. The number of nitrogens with two attached hydrogens (primary N) is 1. The quantitative estimate of drug-likeness (QED) is 0.718. The van der Waals surface area contributed by atoms with Gasteiger partial charge in [0.15, 0.2) is 0 Å². The summed E-state index contributed by atoms with van der Waals surface area (Å²) in [6.07, 6.45) is 0.139. The van der Waals surface area contributed by atoms with Crippen LogP contribution in [0.1, 0.15) is 11.7 Å². The average Bonchev–Trinajstić information content (AvgIpc) is 2.19. The predicted molar refractivity (Wildman–Crippen MR) is 58.1 cm³/mol. The van der Waals surface area contributed by atoms with Crippen LogP contribution in [0.4, 0.5) is 0 Å². The van der Waals surface area contributed by atoms with Crippen molar-refractivity contribution in [2.75, 3.05) is 19.7 Å². The molecule has 0 spiro atoms. The van der Waals surface area contributed by atoms with Crippen LogP contribution in [0.3, 0.4) is 0 Å². The Morgan fingerprint density at radius 1 is 1.29 bits per heavy atom. The number of benzene rings is 1. The van der Waals surface area contributed by atoms with Gasteiger partial charge in [0, 0.05) is 13.1 Å². The minimum Gasteiger partial charge on any atom is -0.371 e. The minimum absolute atomic E-state index is 0. The van der Waals surface area contributed by atoms with Crippen LogP contribution in [-0.2, 0) is 4.74 Å². The summed E-state index contributed by atoms with van der Waals surface area (Å²) < 4.78 is 5.61. The van der Waals surface area contributed by atoms with E-state index in [0.29, 0.717) is 0 Å². The van der Waals surface area contributed by atoms with Gasteiger partial charge in [0.05, 0.1) is 12.7 Å². The van der Waals surface area contributed by atoms with Crippen LogP contribution in [0.15, 0.2) is 30.3 Å². The van der Waals surface area contributed by atoms with E-state index in [2.05, 4.69) is 12.1 Å². The lowest BCUT2D eigenvalue weighted by Gasteiger charge is -2.29. The first-order valence-corrected chi connectivity index (χ1v) is 4.52. The van der Waals surface area contributed by atoms with Gasteiger partial charge in [-0.05, 0) is 5.56 Å². The molecule has 0 bridgehead atoms. The second-order valence-electron chi connectivity index (χ2n) is 3.27. The summed E-state index contributed by atoms with van der Waals surface area (Å²) in [6.45, 7) is 2.32. The molecule has 1 aliphatic rings. The average molecular weight is 215 g/mol. The van der Waals surface area contributed by atoms with Crippen molar-refractivity contribution in [3.63, 3.8) is 0 Å². The number of rotatable bonds is 1. The van der Waals surface area contributed by atoms with Gasteiger partial charge in [0.2, 0.25) is 0 Å². The molecule has 1 atom stereocenters. The molecule has 1 saturated heterocycles. The lowest BCUT2D eigenvalue weighted by Crippen LogP contribution is -2.42. The van der Waals surface area contributed by atoms with Gasteiger partial charge in [-0.25, -0.2) is 5.01 Å². The third-order valence-electron chi connectivity index (χ3n) is 2.27. The zero-order valence-electron chi connectivity index (χ0n) is 7.93. The van der Waals surface area contributed by atoms with Gasteiger partial charge in [0.25, 0.3) is 0 Å². The molecule has 1 aliphatic heterocycles. The number of morpholine rings is 1. The van der Waals surface area contributed by atoms with Crippen molar-refractivity contribution in [1.29, 1.82) is 0 Å². The molecule has 0 radical (unpaired) electrons. The molecular weight excluding hydrogens is 200 g/mol. The molecule has 2 N–H and O–H groups in total. The van der Waals surface area contributed by atoms with Gasteiger partial charge < -0.3 is 4.74 Å². The molecule has 0 amide bonds. The highest BCUT2D eigenvalue weighted by molar-refractivity contribution is 5.85. The zero-order valence-corrected chi connectivity index (χ0v) is 8.74. The van der Waals surface area contributed by atoms with E-state index in [1.807, 2.05) is 18.2 Å². The fourth-order valence-corrected chi connectivity index (χ4v) is 1.54. The van der Waals surface area contributed by atoms with Gasteiger partial charge >= 0.3 is 0 Å². The number of hydrogen-bond acceptors (Lipinski definition) is 3. The van der Waals surface area contributed by atoms with Crippen molar-refractivity contribution in [1.82, 2.24) is 5.01 Å². The summed E-state index contributed by atoms with van der Waals surface area (Å²) in [7, 11) is 0. The molecule has 0 aromatic heterocycles. The molecule has 0 saturated carbocycles. The van der Waals surface area contributed by atoms with Gasteiger partial charge in [0.1, 0.15) is 0 Å². The molecule has 1 fully saturated rings. The molecule has 1 unspecified atom stereocenters.